The molecule has 0 saturated carbocycles. The lowest BCUT2D eigenvalue weighted by Crippen LogP contribution is -2.53. The highest BCUT2D eigenvalue weighted by atomic mass is 19.2. The molecule has 0 spiro atoms. The van der Waals surface area contributed by atoms with Gasteiger partial charge in [0, 0.05) is 25.7 Å². The van der Waals surface area contributed by atoms with E-state index in [1.807, 2.05) is 4.90 Å². The predicted octanol–water partition coefficient (Wildman–Crippen LogP) is 1.76. The van der Waals surface area contributed by atoms with E-state index in [0.29, 0.717) is 44.2 Å². The van der Waals surface area contributed by atoms with E-state index < -0.39 is 17.3 Å². The molecule has 10 heteroatoms. The van der Waals surface area contributed by atoms with Gasteiger partial charge in [0.1, 0.15) is 12.4 Å². The fourth-order valence-corrected chi connectivity index (χ4v) is 3.65. The van der Waals surface area contributed by atoms with Crippen molar-refractivity contribution < 1.29 is 23.0 Å². The normalized spacial score (nSPS) is 17.7. The van der Waals surface area contributed by atoms with Crippen LogP contribution >= 0.6 is 0 Å². The number of anilines is 1. The molecule has 2 aliphatic heterocycles. The molecule has 1 aromatic heterocycles. The first-order valence-electron chi connectivity index (χ1n) is 9.33. The van der Waals surface area contributed by atoms with E-state index in [0.717, 1.165) is 12.1 Å². The minimum atomic E-state index is -0.963. The van der Waals surface area contributed by atoms with Crippen LogP contribution in [0.5, 0.6) is 5.88 Å². The number of nitrogens with zero attached hydrogens (tertiary/aromatic N) is 4. The Hall–Kier alpha value is -3.17. The van der Waals surface area contributed by atoms with Gasteiger partial charge >= 0.3 is 11.8 Å². The molecule has 1 aromatic carbocycles. The topological polar surface area (TPSA) is 76.9 Å². The summed E-state index contributed by atoms with van der Waals surface area (Å²) < 4.78 is 38.5. The third-order valence-corrected chi connectivity index (χ3v) is 5.03. The molecular weight excluding hydrogens is 386 g/mol. The summed E-state index contributed by atoms with van der Waals surface area (Å²) in [5.41, 5.74) is -0.0351. The molecule has 2 aliphatic rings. The number of carbonyl (C=O) groups is 1. The molecule has 4 rings (SSSR count). The third kappa shape index (κ3) is 3.74. The Bertz CT molecular complexity index is 997. The summed E-state index contributed by atoms with van der Waals surface area (Å²) in [4.78, 5) is 32.0. The second kappa shape index (κ2) is 7.69. The average Bonchev–Trinajstić information content (AvgIpc) is 3.07. The lowest BCUT2D eigenvalue weighted by Gasteiger charge is -2.37. The molecule has 1 unspecified atom stereocenters. The number of hydrogen-bond acceptors (Lipinski definition) is 6. The first-order valence-corrected chi connectivity index (χ1v) is 9.33. The number of amides is 1. The van der Waals surface area contributed by atoms with E-state index in [1.54, 1.807) is 22.5 Å². The smallest absolute Gasteiger partial charge is 0.409 e. The first-order chi connectivity index (χ1) is 14.0. The van der Waals surface area contributed by atoms with Crippen LogP contribution in [0.25, 0.3) is 0 Å². The van der Waals surface area contributed by atoms with E-state index in [4.69, 9.17) is 9.47 Å². The minimum absolute atomic E-state index is 0.0485. The monoisotopic (exact) mass is 406 g/mol. The quantitative estimate of drug-likeness (QED) is 0.770. The number of fused-ring (bicyclic) bond motifs is 3. The van der Waals surface area contributed by atoms with E-state index in [2.05, 4.69) is 4.98 Å². The summed E-state index contributed by atoms with van der Waals surface area (Å²) in [5.74, 6) is -1.12. The molecular formula is C19H20F2N4O4. The van der Waals surface area contributed by atoms with Gasteiger partial charge < -0.3 is 19.3 Å². The molecule has 1 atom stereocenters. The molecule has 1 fully saturated rings. The largest absolute Gasteiger partial charge is 0.473 e. The zero-order valence-corrected chi connectivity index (χ0v) is 15.8. The van der Waals surface area contributed by atoms with Crippen LogP contribution in [0.3, 0.4) is 0 Å². The van der Waals surface area contributed by atoms with Crippen molar-refractivity contribution in [2.45, 2.75) is 26.1 Å². The maximum Gasteiger partial charge on any atom is 0.409 e. The van der Waals surface area contributed by atoms with E-state index in [-0.39, 0.29) is 24.6 Å². The summed E-state index contributed by atoms with van der Waals surface area (Å²) in [6.45, 7) is 3.92. The van der Waals surface area contributed by atoms with Gasteiger partial charge in [-0.05, 0) is 24.6 Å². The summed E-state index contributed by atoms with van der Waals surface area (Å²) in [6.07, 6.45) is -0.357. The van der Waals surface area contributed by atoms with Gasteiger partial charge in [0.05, 0.1) is 19.2 Å². The van der Waals surface area contributed by atoms with Crippen molar-refractivity contribution in [1.29, 1.82) is 0 Å². The first kappa shape index (κ1) is 19.2. The highest BCUT2D eigenvalue weighted by molar-refractivity contribution is 5.68. The third-order valence-electron chi connectivity index (χ3n) is 5.03. The SMILES string of the molecule is CCOC(=O)N1CCN2c3cc(OCc4ccc(F)c(F)c4)nc(=O)n3CC2C1. The molecule has 8 nitrogen and oxygen atoms in total. The molecule has 1 saturated heterocycles. The van der Waals surface area contributed by atoms with Gasteiger partial charge in [-0.2, -0.15) is 4.98 Å². The molecule has 3 heterocycles. The second-order valence-corrected chi connectivity index (χ2v) is 6.88. The highest BCUT2D eigenvalue weighted by Crippen LogP contribution is 2.29. The molecule has 0 bridgehead atoms. The Morgan fingerprint density at radius 3 is 2.79 bits per heavy atom. The van der Waals surface area contributed by atoms with Crippen LogP contribution in [0.1, 0.15) is 12.5 Å². The van der Waals surface area contributed by atoms with E-state index >= 15 is 0 Å². The van der Waals surface area contributed by atoms with Crippen LogP contribution in [0.2, 0.25) is 0 Å². The summed E-state index contributed by atoms with van der Waals surface area (Å²) in [5, 5.41) is 0. The number of benzene rings is 1. The van der Waals surface area contributed by atoms with Crippen molar-refractivity contribution in [3.05, 3.63) is 51.9 Å². The van der Waals surface area contributed by atoms with Crippen LogP contribution in [0.15, 0.2) is 29.1 Å². The van der Waals surface area contributed by atoms with Gasteiger partial charge in [0.2, 0.25) is 5.88 Å². The van der Waals surface area contributed by atoms with Crippen LogP contribution in [0, 0.1) is 11.6 Å². The number of halogens is 2. The summed E-state index contributed by atoms with van der Waals surface area (Å²) in [6, 6.07) is 5.07. The van der Waals surface area contributed by atoms with Crippen molar-refractivity contribution >= 4 is 11.9 Å². The molecule has 154 valence electrons. The molecule has 0 N–H and O–H groups in total. The lowest BCUT2D eigenvalue weighted by atomic mass is 10.2. The maximum absolute atomic E-state index is 13.3. The zero-order chi connectivity index (χ0) is 20.5. The number of carbonyl (C=O) groups excluding carboxylic acids is 1. The molecule has 0 radical (unpaired) electrons. The van der Waals surface area contributed by atoms with Crippen molar-refractivity contribution in [3.8, 4) is 5.88 Å². The highest BCUT2D eigenvalue weighted by Gasteiger charge is 2.37. The van der Waals surface area contributed by atoms with Gasteiger partial charge in [0.25, 0.3) is 0 Å². The Morgan fingerprint density at radius 2 is 2.03 bits per heavy atom. The summed E-state index contributed by atoms with van der Waals surface area (Å²) in [7, 11) is 0. The van der Waals surface area contributed by atoms with Crippen LogP contribution < -0.4 is 15.3 Å². The van der Waals surface area contributed by atoms with E-state index in [9.17, 15) is 18.4 Å². The Balaban J connectivity index is 1.48. The number of aromatic nitrogens is 2. The van der Waals surface area contributed by atoms with Crippen molar-refractivity contribution in [2.75, 3.05) is 31.1 Å². The van der Waals surface area contributed by atoms with Gasteiger partial charge in [-0.1, -0.05) is 6.07 Å². The fourth-order valence-electron chi connectivity index (χ4n) is 3.65. The van der Waals surface area contributed by atoms with E-state index in [1.165, 1.54) is 6.07 Å². The van der Waals surface area contributed by atoms with Crippen molar-refractivity contribution in [2.24, 2.45) is 0 Å². The number of ether oxygens (including phenoxy) is 2. The lowest BCUT2D eigenvalue weighted by molar-refractivity contribution is 0.0994. The van der Waals surface area contributed by atoms with Crippen LogP contribution in [-0.2, 0) is 17.9 Å². The molecule has 1 amide bonds. The minimum Gasteiger partial charge on any atom is -0.473 e. The van der Waals surface area contributed by atoms with Gasteiger partial charge in [-0.15, -0.1) is 0 Å². The standard InChI is InChI=1S/C19H20F2N4O4/c1-2-28-19(27)23-5-6-24-13(9-23)10-25-17(24)8-16(22-18(25)26)29-11-12-3-4-14(20)15(21)7-12/h3-4,7-8,13H,2,5-6,9-11H2,1H3. The van der Waals surface area contributed by atoms with Crippen LogP contribution in [-0.4, -0.2) is 52.8 Å². The van der Waals surface area contributed by atoms with Gasteiger partial charge in [0.15, 0.2) is 11.6 Å². The average molecular weight is 406 g/mol. The summed E-state index contributed by atoms with van der Waals surface area (Å²) >= 11 is 0. The number of rotatable bonds is 4. The molecule has 2 aromatic rings. The Morgan fingerprint density at radius 1 is 1.21 bits per heavy atom. The van der Waals surface area contributed by atoms with Crippen molar-refractivity contribution in [1.82, 2.24) is 14.5 Å². The Labute approximate surface area is 165 Å². The zero-order valence-electron chi connectivity index (χ0n) is 15.8. The number of piperazine rings is 1. The fraction of sp³-hybridized carbons (Fsp3) is 0.421. The van der Waals surface area contributed by atoms with Gasteiger partial charge in [-0.25, -0.2) is 18.4 Å². The maximum atomic E-state index is 13.3. The molecule has 0 aliphatic carbocycles. The predicted molar refractivity (Wildman–Crippen MR) is 98.9 cm³/mol. The molecule has 29 heavy (non-hydrogen) atoms. The van der Waals surface area contributed by atoms with Gasteiger partial charge in [-0.3, -0.25) is 4.57 Å². The number of hydrogen-bond donors (Lipinski definition) is 0. The van der Waals surface area contributed by atoms with Crippen molar-refractivity contribution in [3.63, 3.8) is 0 Å². The Kier molecular flexibility index (Phi) is 5.08. The second-order valence-electron chi connectivity index (χ2n) is 6.88. The van der Waals surface area contributed by atoms with Crippen LogP contribution in [0.4, 0.5) is 19.4 Å².